The standard InChI is InChI=1S/C11H15NO4/c1-2-6-16-10(15)12-8(9(13)14)7-11(12)4-3-5-11/h2,8H,1,3-7H2,(H,13,14). The van der Waals surface area contributed by atoms with E-state index < -0.39 is 18.1 Å². The van der Waals surface area contributed by atoms with E-state index in [1.54, 1.807) is 0 Å². The summed E-state index contributed by atoms with van der Waals surface area (Å²) in [6, 6.07) is -0.711. The highest BCUT2D eigenvalue weighted by Crippen LogP contribution is 2.50. The molecule has 16 heavy (non-hydrogen) atoms. The van der Waals surface area contributed by atoms with E-state index in [1.165, 1.54) is 11.0 Å². The van der Waals surface area contributed by atoms with Crippen molar-refractivity contribution in [1.82, 2.24) is 4.90 Å². The molecule has 1 atom stereocenters. The highest BCUT2D eigenvalue weighted by atomic mass is 16.6. The summed E-state index contributed by atoms with van der Waals surface area (Å²) in [7, 11) is 0. The summed E-state index contributed by atoms with van der Waals surface area (Å²) in [6.45, 7) is 3.57. The molecule has 1 aliphatic carbocycles. The summed E-state index contributed by atoms with van der Waals surface area (Å²) in [5, 5.41) is 8.96. The van der Waals surface area contributed by atoms with E-state index in [4.69, 9.17) is 9.84 Å². The van der Waals surface area contributed by atoms with Gasteiger partial charge in [0.2, 0.25) is 0 Å². The molecule has 1 amide bonds. The fourth-order valence-electron chi connectivity index (χ4n) is 2.52. The number of hydrogen-bond acceptors (Lipinski definition) is 3. The zero-order valence-electron chi connectivity index (χ0n) is 9.02. The molecule has 5 heteroatoms. The average molecular weight is 225 g/mol. The number of carbonyl (C=O) groups excluding carboxylic acids is 1. The SMILES string of the molecule is C=CCOC(=O)N1C(C(=O)O)CC12CCC2. The van der Waals surface area contributed by atoms with Gasteiger partial charge in [-0.25, -0.2) is 9.59 Å². The Kier molecular flexibility index (Phi) is 2.61. The Morgan fingerprint density at radius 3 is 2.69 bits per heavy atom. The second-order valence-electron chi connectivity index (χ2n) is 4.37. The number of amides is 1. The molecule has 1 heterocycles. The zero-order chi connectivity index (χ0) is 11.8. The van der Waals surface area contributed by atoms with Crippen LogP contribution in [0, 0.1) is 0 Å². The Bertz CT molecular complexity index is 335. The molecule has 0 aromatic rings. The Balaban J connectivity index is 2.04. The maximum Gasteiger partial charge on any atom is 0.411 e. The van der Waals surface area contributed by atoms with E-state index >= 15 is 0 Å². The highest BCUT2D eigenvalue weighted by Gasteiger charge is 2.60. The molecule has 2 fully saturated rings. The minimum Gasteiger partial charge on any atom is -0.480 e. The van der Waals surface area contributed by atoms with Gasteiger partial charge in [-0.3, -0.25) is 4.90 Å². The quantitative estimate of drug-likeness (QED) is 0.737. The van der Waals surface area contributed by atoms with Crippen molar-refractivity contribution in [1.29, 1.82) is 0 Å². The number of hydrogen-bond donors (Lipinski definition) is 1. The molecular weight excluding hydrogens is 210 g/mol. The minimum absolute atomic E-state index is 0.123. The van der Waals surface area contributed by atoms with Crippen molar-refractivity contribution in [3.8, 4) is 0 Å². The molecule has 1 saturated heterocycles. The lowest BCUT2D eigenvalue weighted by Crippen LogP contribution is -2.72. The van der Waals surface area contributed by atoms with Crippen molar-refractivity contribution in [3.63, 3.8) is 0 Å². The number of likely N-dealkylation sites (tertiary alicyclic amines) is 1. The van der Waals surface area contributed by atoms with Crippen LogP contribution in [0.5, 0.6) is 0 Å². The van der Waals surface area contributed by atoms with Gasteiger partial charge in [-0.1, -0.05) is 12.7 Å². The van der Waals surface area contributed by atoms with Crippen molar-refractivity contribution >= 4 is 12.1 Å². The van der Waals surface area contributed by atoms with Gasteiger partial charge >= 0.3 is 12.1 Å². The first-order chi connectivity index (χ1) is 7.60. The highest BCUT2D eigenvalue weighted by molar-refractivity contribution is 5.83. The average Bonchev–Trinajstić information content (AvgIpc) is 2.10. The molecule has 1 saturated carbocycles. The lowest BCUT2D eigenvalue weighted by molar-refractivity contribution is -0.165. The van der Waals surface area contributed by atoms with E-state index in [0.717, 1.165) is 19.3 Å². The number of nitrogens with zero attached hydrogens (tertiary/aromatic N) is 1. The largest absolute Gasteiger partial charge is 0.480 e. The fraction of sp³-hybridized carbons (Fsp3) is 0.636. The Hall–Kier alpha value is -1.52. The molecular formula is C11H15NO4. The molecule has 0 bridgehead atoms. The number of carbonyl (C=O) groups is 2. The summed E-state index contributed by atoms with van der Waals surface area (Å²) in [6.07, 6.45) is 4.34. The molecule has 1 unspecified atom stereocenters. The maximum atomic E-state index is 11.7. The lowest BCUT2D eigenvalue weighted by atomic mass is 9.64. The van der Waals surface area contributed by atoms with Crippen molar-refractivity contribution in [2.75, 3.05) is 6.61 Å². The Morgan fingerprint density at radius 1 is 1.56 bits per heavy atom. The van der Waals surface area contributed by atoms with Gasteiger partial charge in [0, 0.05) is 12.0 Å². The summed E-state index contributed by atoms with van der Waals surface area (Å²) in [4.78, 5) is 24.0. The lowest BCUT2D eigenvalue weighted by Gasteiger charge is -2.60. The van der Waals surface area contributed by atoms with Gasteiger partial charge in [-0.05, 0) is 19.3 Å². The Labute approximate surface area is 93.7 Å². The molecule has 2 aliphatic rings. The summed E-state index contributed by atoms with van der Waals surface area (Å²) >= 11 is 0. The van der Waals surface area contributed by atoms with E-state index in [1.807, 2.05) is 0 Å². The number of carboxylic acid groups (broad SMARTS) is 1. The number of rotatable bonds is 3. The van der Waals surface area contributed by atoms with Crippen molar-refractivity contribution < 1.29 is 19.4 Å². The summed E-state index contributed by atoms with van der Waals surface area (Å²) in [5.74, 6) is -0.951. The summed E-state index contributed by atoms with van der Waals surface area (Å²) < 4.78 is 4.91. The first-order valence-corrected chi connectivity index (χ1v) is 5.40. The first-order valence-electron chi connectivity index (χ1n) is 5.40. The maximum absolute atomic E-state index is 11.7. The van der Waals surface area contributed by atoms with Crippen LogP contribution in [0.1, 0.15) is 25.7 Å². The van der Waals surface area contributed by atoms with Gasteiger partial charge in [0.1, 0.15) is 12.6 Å². The molecule has 88 valence electrons. The second-order valence-corrected chi connectivity index (χ2v) is 4.37. The fourth-order valence-corrected chi connectivity index (χ4v) is 2.52. The second kappa shape index (κ2) is 3.81. The van der Waals surface area contributed by atoms with Gasteiger partial charge in [0.15, 0.2) is 0 Å². The van der Waals surface area contributed by atoms with Crippen LogP contribution in [-0.2, 0) is 9.53 Å². The monoisotopic (exact) mass is 225 g/mol. The first kappa shape index (κ1) is 11.0. The molecule has 1 N–H and O–H groups in total. The van der Waals surface area contributed by atoms with E-state index in [2.05, 4.69) is 6.58 Å². The van der Waals surface area contributed by atoms with Gasteiger partial charge in [-0.15, -0.1) is 0 Å². The number of carboxylic acids is 1. The van der Waals surface area contributed by atoms with Crippen molar-refractivity contribution in [2.45, 2.75) is 37.3 Å². The van der Waals surface area contributed by atoms with Gasteiger partial charge in [0.05, 0.1) is 0 Å². The number of aliphatic carboxylic acids is 1. The van der Waals surface area contributed by atoms with Crippen LogP contribution in [0.25, 0.3) is 0 Å². The van der Waals surface area contributed by atoms with E-state index in [-0.39, 0.29) is 12.1 Å². The van der Waals surface area contributed by atoms with Crippen LogP contribution in [0.4, 0.5) is 4.79 Å². The smallest absolute Gasteiger partial charge is 0.411 e. The molecule has 2 rings (SSSR count). The van der Waals surface area contributed by atoms with Crippen molar-refractivity contribution in [2.24, 2.45) is 0 Å². The van der Waals surface area contributed by atoms with Crippen LogP contribution < -0.4 is 0 Å². The number of ether oxygens (including phenoxy) is 1. The predicted octanol–water partition coefficient (Wildman–Crippen LogP) is 1.39. The molecule has 1 aliphatic heterocycles. The minimum atomic E-state index is -0.951. The summed E-state index contributed by atoms with van der Waals surface area (Å²) in [5.41, 5.74) is -0.221. The van der Waals surface area contributed by atoms with Crippen LogP contribution in [-0.4, -0.2) is 40.3 Å². The van der Waals surface area contributed by atoms with Gasteiger partial charge in [-0.2, -0.15) is 0 Å². The van der Waals surface area contributed by atoms with E-state index in [9.17, 15) is 9.59 Å². The van der Waals surface area contributed by atoms with Crippen LogP contribution in [0.3, 0.4) is 0 Å². The third-order valence-corrected chi connectivity index (χ3v) is 3.49. The zero-order valence-corrected chi connectivity index (χ0v) is 9.02. The predicted molar refractivity (Wildman–Crippen MR) is 56.0 cm³/mol. The topological polar surface area (TPSA) is 66.8 Å². The molecule has 0 radical (unpaired) electrons. The van der Waals surface area contributed by atoms with Gasteiger partial charge in [0.25, 0.3) is 0 Å². The molecule has 5 nitrogen and oxygen atoms in total. The van der Waals surface area contributed by atoms with Crippen LogP contribution in [0.15, 0.2) is 12.7 Å². The van der Waals surface area contributed by atoms with Crippen molar-refractivity contribution in [3.05, 3.63) is 12.7 Å². The third kappa shape index (κ3) is 1.47. The van der Waals surface area contributed by atoms with Crippen LogP contribution >= 0.6 is 0 Å². The van der Waals surface area contributed by atoms with Gasteiger partial charge < -0.3 is 9.84 Å². The third-order valence-electron chi connectivity index (χ3n) is 3.49. The molecule has 0 aromatic heterocycles. The van der Waals surface area contributed by atoms with Crippen LogP contribution in [0.2, 0.25) is 0 Å². The molecule has 0 aromatic carbocycles. The van der Waals surface area contributed by atoms with E-state index in [0.29, 0.717) is 6.42 Å². The Morgan fingerprint density at radius 2 is 2.25 bits per heavy atom. The molecule has 1 spiro atoms. The normalized spacial score (nSPS) is 25.5.